The average Bonchev–Trinajstić information content (AvgIpc) is 3.09. The van der Waals surface area contributed by atoms with Crippen LogP contribution in [0.3, 0.4) is 0 Å². The molecule has 144 valence electrons. The molecule has 0 aliphatic rings. The number of aryl methyl sites for hydroxylation is 1. The third-order valence-electron chi connectivity index (χ3n) is 3.61. The first-order valence-electron chi connectivity index (χ1n) is 8.53. The quantitative estimate of drug-likeness (QED) is 0.605. The van der Waals surface area contributed by atoms with E-state index in [1.807, 2.05) is 13.8 Å². The SMILES string of the molecule is CC(C)c1noc(CCC(=O)Nc2ccc(CC(=O)NCC(=O)O)cc2)n1. The summed E-state index contributed by atoms with van der Waals surface area (Å²) in [6, 6.07) is 6.76. The number of hydrogen-bond acceptors (Lipinski definition) is 6. The van der Waals surface area contributed by atoms with Crippen LogP contribution >= 0.6 is 0 Å². The molecule has 1 heterocycles. The highest BCUT2D eigenvalue weighted by atomic mass is 16.5. The van der Waals surface area contributed by atoms with Gasteiger partial charge in [-0.1, -0.05) is 31.1 Å². The van der Waals surface area contributed by atoms with E-state index in [2.05, 4.69) is 20.8 Å². The van der Waals surface area contributed by atoms with E-state index in [0.717, 1.165) is 0 Å². The van der Waals surface area contributed by atoms with Gasteiger partial charge in [0.05, 0.1) is 6.42 Å². The van der Waals surface area contributed by atoms with Gasteiger partial charge < -0.3 is 20.3 Å². The van der Waals surface area contributed by atoms with Crippen molar-refractivity contribution in [3.8, 4) is 0 Å². The maximum absolute atomic E-state index is 12.0. The first-order chi connectivity index (χ1) is 12.8. The lowest BCUT2D eigenvalue weighted by Gasteiger charge is -2.06. The molecule has 0 unspecified atom stereocenters. The Balaban J connectivity index is 1.78. The molecule has 0 saturated heterocycles. The van der Waals surface area contributed by atoms with Crippen LogP contribution < -0.4 is 10.6 Å². The van der Waals surface area contributed by atoms with E-state index in [1.165, 1.54) is 0 Å². The fourth-order valence-corrected chi connectivity index (χ4v) is 2.18. The van der Waals surface area contributed by atoms with Crippen LogP contribution in [0.5, 0.6) is 0 Å². The summed E-state index contributed by atoms with van der Waals surface area (Å²) in [6.45, 7) is 3.51. The maximum atomic E-state index is 12.0. The molecule has 0 spiro atoms. The molecule has 2 aromatic rings. The molecule has 9 nitrogen and oxygen atoms in total. The summed E-state index contributed by atoms with van der Waals surface area (Å²) in [5.41, 5.74) is 1.31. The van der Waals surface area contributed by atoms with Crippen molar-refractivity contribution in [1.82, 2.24) is 15.5 Å². The van der Waals surface area contributed by atoms with Gasteiger partial charge in [0.1, 0.15) is 6.54 Å². The van der Waals surface area contributed by atoms with Gasteiger partial charge in [-0.3, -0.25) is 14.4 Å². The molecular formula is C18H22N4O5. The van der Waals surface area contributed by atoms with Crippen molar-refractivity contribution in [2.75, 3.05) is 11.9 Å². The molecule has 2 amide bonds. The molecule has 0 atom stereocenters. The van der Waals surface area contributed by atoms with E-state index in [-0.39, 0.29) is 30.6 Å². The summed E-state index contributed by atoms with van der Waals surface area (Å²) in [4.78, 5) is 38.2. The molecule has 3 N–H and O–H groups in total. The molecule has 0 aliphatic carbocycles. The van der Waals surface area contributed by atoms with Crippen LogP contribution in [0, 0.1) is 0 Å². The van der Waals surface area contributed by atoms with Crippen molar-refractivity contribution >= 4 is 23.5 Å². The lowest BCUT2D eigenvalue weighted by atomic mass is 10.1. The summed E-state index contributed by atoms with van der Waals surface area (Å²) in [6.07, 6.45) is 0.628. The largest absolute Gasteiger partial charge is 0.480 e. The van der Waals surface area contributed by atoms with Gasteiger partial charge in [0.25, 0.3) is 0 Å². The number of hydrogen-bond donors (Lipinski definition) is 3. The molecule has 1 aromatic heterocycles. The zero-order chi connectivity index (χ0) is 19.8. The van der Waals surface area contributed by atoms with Crippen molar-refractivity contribution in [1.29, 1.82) is 0 Å². The second kappa shape index (κ2) is 9.46. The fraction of sp³-hybridized carbons (Fsp3) is 0.389. The summed E-state index contributed by atoms with van der Waals surface area (Å²) >= 11 is 0. The highest BCUT2D eigenvalue weighted by Gasteiger charge is 2.12. The Morgan fingerprint density at radius 1 is 1.15 bits per heavy atom. The maximum Gasteiger partial charge on any atom is 0.322 e. The topological polar surface area (TPSA) is 134 Å². The molecule has 0 radical (unpaired) electrons. The van der Waals surface area contributed by atoms with Crippen LogP contribution in [0.1, 0.15) is 43.5 Å². The first kappa shape index (κ1) is 20.1. The predicted molar refractivity (Wildman–Crippen MR) is 96.1 cm³/mol. The standard InChI is InChI=1S/C18H22N4O5/c1-11(2)18-21-16(27-22-18)8-7-14(23)20-13-5-3-12(4-6-13)9-15(24)19-10-17(25)26/h3-6,11H,7-10H2,1-2H3,(H,19,24)(H,20,23)(H,25,26). The van der Waals surface area contributed by atoms with Gasteiger partial charge in [0.2, 0.25) is 17.7 Å². The third-order valence-corrected chi connectivity index (χ3v) is 3.61. The highest BCUT2D eigenvalue weighted by molar-refractivity contribution is 5.90. The van der Waals surface area contributed by atoms with Crippen molar-refractivity contribution in [3.05, 3.63) is 41.5 Å². The summed E-state index contributed by atoms with van der Waals surface area (Å²) in [7, 11) is 0. The number of benzene rings is 1. The van der Waals surface area contributed by atoms with E-state index < -0.39 is 12.5 Å². The normalized spacial score (nSPS) is 10.6. The van der Waals surface area contributed by atoms with E-state index in [0.29, 0.717) is 29.4 Å². The zero-order valence-electron chi connectivity index (χ0n) is 15.2. The Morgan fingerprint density at radius 3 is 2.44 bits per heavy atom. The minimum Gasteiger partial charge on any atom is -0.480 e. The predicted octanol–water partition coefficient (Wildman–Crippen LogP) is 1.51. The summed E-state index contributed by atoms with van der Waals surface area (Å²) < 4.78 is 5.10. The van der Waals surface area contributed by atoms with E-state index >= 15 is 0 Å². The van der Waals surface area contributed by atoms with Crippen LogP contribution in [0.4, 0.5) is 5.69 Å². The Kier molecular flexibility index (Phi) is 7.04. The molecule has 0 saturated carbocycles. The van der Waals surface area contributed by atoms with Gasteiger partial charge in [0.15, 0.2) is 5.82 Å². The Morgan fingerprint density at radius 2 is 1.85 bits per heavy atom. The van der Waals surface area contributed by atoms with Crippen LogP contribution in [0.25, 0.3) is 0 Å². The highest BCUT2D eigenvalue weighted by Crippen LogP contribution is 2.13. The second-order valence-corrected chi connectivity index (χ2v) is 6.29. The number of carbonyl (C=O) groups is 3. The number of aliphatic carboxylic acids is 1. The van der Waals surface area contributed by atoms with Crippen molar-refractivity contribution in [3.63, 3.8) is 0 Å². The van der Waals surface area contributed by atoms with Gasteiger partial charge in [-0.05, 0) is 17.7 Å². The minimum atomic E-state index is -1.10. The minimum absolute atomic E-state index is 0.0663. The smallest absolute Gasteiger partial charge is 0.322 e. The Hall–Kier alpha value is -3.23. The zero-order valence-corrected chi connectivity index (χ0v) is 15.2. The second-order valence-electron chi connectivity index (χ2n) is 6.29. The van der Waals surface area contributed by atoms with Gasteiger partial charge in [0, 0.05) is 24.4 Å². The number of aromatic nitrogens is 2. The molecule has 0 bridgehead atoms. The fourth-order valence-electron chi connectivity index (χ4n) is 2.18. The average molecular weight is 374 g/mol. The third kappa shape index (κ3) is 6.89. The Labute approximate surface area is 156 Å². The van der Waals surface area contributed by atoms with Crippen LogP contribution in [0.15, 0.2) is 28.8 Å². The Bertz CT molecular complexity index is 798. The van der Waals surface area contributed by atoms with Crippen LogP contribution in [0.2, 0.25) is 0 Å². The molecule has 0 fully saturated rings. The number of rotatable bonds is 9. The van der Waals surface area contributed by atoms with E-state index in [4.69, 9.17) is 9.63 Å². The van der Waals surface area contributed by atoms with E-state index in [1.54, 1.807) is 24.3 Å². The molecule has 1 aromatic carbocycles. The lowest BCUT2D eigenvalue weighted by molar-refractivity contribution is -0.137. The van der Waals surface area contributed by atoms with Crippen molar-refractivity contribution in [2.45, 2.75) is 39.0 Å². The van der Waals surface area contributed by atoms with Crippen LogP contribution in [-0.2, 0) is 27.2 Å². The summed E-state index contributed by atoms with van der Waals surface area (Å²) in [5, 5.41) is 17.4. The number of amides is 2. The summed E-state index contributed by atoms with van der Waals surface area (Å²) in [5.74, 6) is -0.450. The number of anilines is 1. The molecular weight excluding hydrogens is 352 g/mol. The van der Waals surface area contributed by atoms with E-state index in [9.17, 15) is 14.4 Å². The monoisotopic (exact) mass is 374 g/mol. The number of nitrogens with one attached hydrogen (secondary N) is 2. The van der Waals surface area contributed by atoms with Gasteiger partial charge in [-0.15, -0.1) is 0 Å². The molecule has 27 heavy (non-hydrogen) atoms. The number of carbonyl (C=O) groups excluding carboxylic acids is 2. The first-order valence-corrected chi connectivity index (χ1v) is 8.53. The number of carboxylic acid groups (broad SMARTS) is 1. The molecule has 0 aliphatic heterocycles. The number of nitrogens with zero attached hydrogens (tertiary/aromatic N) is 2. The van der Waals surface area contributed by atoms with Gasteiger partial charge >= 0.3 is 5.97 Å². The molecule has 9 heteroatoms. The van der Waals surface area contributed by atoms with Crippen LogP contribution in [-0.4, -0.2) is 39.6 Å². The van der Waals surface area contributed by atoms with Gasteiger partial charge in [-0.2, -0.15) is 4.98 Å². The van der Waals surface area contributed by atoms with Gasteiger partial charge in [-0.25, -0.2) is 0 Å². The number of carboxylic acids is 1. The van der Waals surface area contributed by atoms with Crippen molar-refractivity contribution in [2.24, 2.45) is 0 Å². The molecule has 2 rings (SSSR count). The van der Waals surface area contributed by atoms with Crippen molar-refractivity contribution < 1.29 is 24.0 Å². The lowest BCUT2D eigenvalue weighted by Crippen LogP contribution is -2.30.